The van der Waals surface area contributed by atoms with E-state index in [-0.39, 0.29) is 31.1 Å². The first-order valence-electron chi connectivity index (χ1n) is 32.5. The van der Waals surface area contributed by atoms with Crippen LogP contribution in [0.25, 0.3) is 0 Å². The highest BCUT2D eigenvalue weighted by molar-refractivity contribution is 5.71. The summed E-state index contributed by atoms with van der Waals surface area (Å²) in [5.74, 6) is -0.950. The topological polar surface area (TPSA) is 78.9 Å². The van der Waals surface area contributed by atoms with Gasteiger partial charge in [0.2, 0.25) is 0 Å². The number of unbranched alkanes of at least 4 members (excludes halogenated alkanes) is 27. The molecule has 0 aliphatic rings. The Labute approximate surface area is 482 Å². The normalized spacial score (nSPS) is 12.9. The van der Waals surface area contributed by atoms with Crippen LogP contribution in [-0.2, 0) is 28.6 Å². The van der Waals surface area contributed by atoms with Gasteiger partial charge in [-0.05, 0) is 135 Å². The largest absolute Gasteiger partial charge is 0.462 e. The van der Waals surface area contributed by atoms with Gasteiger partial charge in [-0.3, -0.25) is 14.4 Å². The average molecular weight is 1080 g/mol. The lowest BCUT2D eigenvalue weighted by Gasteiger charge is -2.18. The van der Waals surface area contributed by atoms with Gasteiger partial charge in [0.25, 0.3) is 0 Å². The summed E-state index contributed by atoms with van der Waals surface area (Å²) in [5.41, 5.74) is 0. The summed E-state index contributed by atoms with van der Waals surface area (Å²) in [4.78, 5) is 38.3. The van der Waals surface area contributed by atoms with Gasteiger partial charge in [0, 0.05) is 19.3 Å². The molecule has 0 saturated heterocycles. The molecule has 1 atom stereocenters. The standard InChI is InChI=1S/C72H120O6/c1-4-7-10-13-16-19-22-25-27-29-31-33-34-35-36-37-38-40-41-43-45-47-50-53-56-59-62-65-71(74)77-68-69(67-76-70(73)64-61-58-55-52-49-24-21-18-15-12-9-6-3)78-72(75)66-63-60-57-54-51-48-46-44-42-39-32-30-28-26-23-20-17-14-11-8-5-2/h7,10,16,18-19,21,25,27,30-33,35-36,38,40,43,45,50,53,69H,4-6,8-9,11-15,17,20,22-24,26,28-29,34,37,39,41-42,44,46-49,51-52,54-68H2,1-3H3/b10-7-,19-16-,21-18-,27-25-,32-30-,33-31-,36-35-,40-38-,45-43-,53-50-. The molecule has 6 nitrogen and oxygen atoms in total. The number of ether oxygens (including phenoxy) is 3. The summed E-state index contributed by atoms with van der Waals surface area (Å²) >= 11 is 0. The number of hydrogen-bond donors (Lipinski definition) is 0. The zero-order valence-electron chi connectivity index (χ0n) is 50.9. The molecule has 0 aliphatic carbocycles. The van der Waals surface area contributed by atoms with Gasteiger partial charge < -0.3 is 14.2 Å². The van der Waals surface area contributed by atoms with Gasteiger partial charge in [0.15, 0.2) is 6.10 Å². The van der Waals surface area contributed by atoms with Crippen LogP contribution in [-0.4, -0.2) is 37.2 Å². The van der Waals surface area contributed by atoms with Crippen molar-refractivity contribution in [1.29, 1.82) is 0 Å². The lowest BCUT2D eigenvalue weighted by atomic mass is 10.1. The van der Waals surface area contributed by atoms with Crippen LogP contribution in [0.4, 0.5) is 0 Å². The molecule has 0 N–H and O–H groups in total. The van der Waals surface area contributed by atoms with Crippen molar-refractivity contribution in [3.63, 3.8) is 0 Å². The quantitative estimate of drug-likeness (QED) is 0.0261. The van der Waals surface area contributed by atoms with Crippen LogP contribution in [0.3, 0.4) is 0 Å². The van der Waals surface area contributed by atoms with Gasteiger partial charge in [0.05, 0.1) is 0 Å². The maximum Gasteiger partial charge on any atom is 0.306 e. The average Bonchev–Trinajstić information content (AvgIpc) is 3.44. The minimum Gasteiger partial charge on any atom is -0.462 e. The summed E-state index contributed by atoms with van der Waals surface area (Å²) in [6.07, 6.45) is 90.7. The van der Waals surface area contributed by atoms with E-state index in [4.69, 9.17) is 14.2 Å². The van der Waals surface area contributed by atoms with E-state index in [1.165, 1.54) is 135 Å². The van der Waals surface area contributed by atoms with Gasteiger partial charge >= 0.3 is 17.9 Å². The van der Waals surface area contributed by atoms with E-state index < -0.39 is 6.10 Å². The van der Waals surface area contributed by atoms with Gasteiger partial charge in [-0.1, -0.05) is 264 Å². The van der Waals surface area contributed by atoms with E-state index >= 15 is 0 Å². The fraction of sp³-hybridized carbons (Fsp3) is 0.681. The molecular formula is C72H120O6. The molecule has 0 fully saturated rings. The zero-order chi connectivity index (χ0) is 56.4. The number of carbonyl (C=O) groups excluding carboxylic acids is 3. The molecule has 0 radical (unpaired) electrons. The summed E-state index contributed by atoms with van der Waals surface area (Å²) in [5, 5.41) is 0. The first-order chi connectivity index (χ1) is 38.5. The molecule has 0 spiro atoms. The highest BCUT2D eigenvalue weighted by Gasteiger charge is 2.19. The van der Waals surface area contributed by atoms with Gasteiger partial charge in [-0.2, -0.15) is 0 Å². The fourth-order valence-electron chi connectivity index (χ4n) is 8.80. The molecule has 0 saturated carbocycles. The monoisotopic (exact) mass is 1080 g/mol. The Hall–Kier alpha value is -4.19. The van der Waals surface area contributed by atoms with Crippen molar-refractivity contribution in [3.8, 4) is 0 Å². The van der Waals surface area contributed by atoms with Crippen LogP contribution in [0.15, 0.2) is 122 Å². The summed E-state index contributed by atoms with van der Waals surface area (Å²) in [7, 11) is 0. The predicted molar refractivity (Wildman–Crippen MR) is 339 cm³/mol. The highest BCUT2D eigenvalue weighted by atomic mass is 16.6. The molecule has 0 aromatic rings. The Morgan fingerprint density at radius 3 is 0.846 bits per heavy atom. The van der Waals surface area contributed by atoms with Crippen LogP contribution in [0.5, 0.6) is 0 Å². The van der Waals surface area contributed by atoms with Gasteiger partial charge in [-0.15, -0.1) is 0 Å². The Morgan fingerprint density at radius 1 is 0.269 bits per heavy atom. The minimum atomic E-state index is -0.804. The van der Waals surface area contributed by atoms with Crippen molar-refractivity contribution < 1.29 is 28.6 Å². The Balaban J connectivity index is 4.41. The van der Waals surface area contributed by atoms with Crippen LogP contribution in [0.2, 0.25) is 0 Å². The van der Waals surface area contributed by atoms with Gasteiger partial charge in [0.1, 0.15) is 13.2 Å². The first kappa shape index (κ1) is 73.8. The van der Waals surface area contributed by atoms with E-state index in [0.717, 1.165) is 116 Å². The zero-order valence-corrected chi connectivity index (χ0v) is 50.9. The van der Waals surface area contributed by atoms with Crippen LogP contribution in [0, 0.1) is 0 Å². The molecule has 0 heterocycles. The molecule has 0 amide bonds. The third kappa shape index (κ3) is 62.7. The molecule has 0 aromatic heterocycles. The Kier molecular flexibility index (Phi) is 61.8. The van der Waals surface area contributed by atoms with Crippen molar-refractivity contribution in [3.05, 3.63) is 122 Å². The maximum absolute atomic E-state index is 12.9. The molecule has 0 rings (SSSR count). The van der Waals surface area contributed by atoms with E-state index in [9.17, 15) is 14.4 Å². The van der Waals surface area contributed by atoms with E-state index in [2.05, 4.69) is 142 Å². The second kappa shape index (κ2) is 65.3. The van der Waals surface area contributed by atoms with Crippen molar-refractivity contribution in [1.82, 2.24) is 0 Å². The number of esters is 3. The number of hydrogen-bond acceptors (Lipinski definition) is 6. The summed E-state index contributed by atoms with van der Waals surface area (Å²) < 4.78 is 16.9. The molecule has 0 bridgehead atoms. The lowest BCUT2D eigenvalue weighted by molar-refractivity contribution is -0.167. The third-order valence-electron chi connectivity index (χ3n) is 13.7. The fourth-order valence-corrected chi connectivity index (χ4v) is 8.80. The molecule has 0 aliphatic heterocycles. The van der Waals surface area contributed by atoms with E-state index in [1.54, 1.807) is 0 Å². The van der Waals surface area contributed by atoms with Crippen molar-refractivity contribution in [2.24, 2.45) is 0 Å². The van der Waals surface area contributed by atoms with Crippen molar-refractivity contribution in [2.75, 3.05) is 13.2 Å². The maximum atomic E-state index is 12.9. The van der Waals surface area contributed by atoms with Crippen molar-refractivity contribution >= 4 is 17.9 Å². The van der Waals surface area contributed by atoms with E-state index in [1.807, 2.05) is 0 Å². The number of allylic oxidation sites excluding steroid dienone is 20. The minimum absolute atomic E-state index is 0.0985. The second-order valence-corrected chi connectivity index (χ2v) is 21.3. The van der Waals surface area contributed by atoms with E-state index in [0.29, 0.717) is 25.7 Å². The third-order valence-corrected chi connectivity index (χ3v) is 13.7. The highest BCUT2D eigenvalue weighted by Crippen LogP contribution is 2.15. The number of rotatable bonds is 58. The van der Waals surface area contributed by atoms with Gasteiger partial charge in [-0.25, -0.2) is 0 Å². The Morgan fingerprint density at radius 2 is 0.500 bits per heavy atom. The van der Waals surface area contributed by atoms with Crippen LogP contribution in [0.1, 0.15) is 297 Å². The number of carbonyl (C=O) groups is 3. The smallest absolute Gasteiger partial charge is 0.306 e. The van der Waals surface area contributed by atoms with Crippen LogP contribution < -0.4 is 0 Å². The summed E-state index contributed by atoms with van der Waals surface area (Å²) in [6, 6.07) is 0. The van der Waals surface area contributed by atoms with Crippen LogP contribution >= 0.6 is 0 Å². The molecule has 6 heteroatoms. The molecule has 444 valence electrons. The SMILES string of the molecule is CC/C=C\C/C=C\C/C=C\C/C=C\C/C=C\C/C=C\C/C=C\C/C=C\CCCCC(=O)OCC(COC(=O)CCCCCCC/C=C\CCCCC)OC(=O)CCCCCCCCCCC/C=C\CCCCCCCCCC. The Bertz CT molecular complexity index is 1620. The molecular weight excluding hydrogens is 961 g/mol. The molecule has 1 unspecified atom stereocenters. The first-order valence-corrected chi connectivity index (χ1v) is 32.5. The second-order valence-electron chi connectivity index (χ2n) is 21.3. The van der Waals surface area contributed by atoms with Crippen molar-refractivity contribution in [2.45, 2.75) is 303 Å². The molecule has 0 aromatic carbocycles. The summed E-state index contributed by atoms with van der Waals surface area (Å²) in [6.45, 7) is 6.47. The molecule has 78 heavy (non-hydrogen) atoms. The predicted octanol–water partition coefficient (Wildman–Crippen LogP) is 22.4. The lowest BCUT2D eigenvalue weighted by Crippen LogP contribution is -2.30.